The molecule has 0 bridgehead atoms. The van der Waals surface area contributed by atoms with Gasteiger partial charge in [0.25, 0.3) is 0 Å². The van der Waals surface area contributed by atoms with Crippen molar-refractivity contribution < 1.29 is 0 Å². The predicted octanol–water partition coefficient (Wildman–Crippen LogP) is 3.63. The number of nitrogens with one attached hydrogen (secondary N) is 2. The van der Waals surface area contributed by atoms with Gasteiger partial charge in [0.1, 0.15) is 18.0 Å². The Morgan fingerprint density at radius 1 is 1.16 bits per heavy atom. The average molecular weight is 262 g/mol. The van der Waals surface area contributed by atoms with E-state index in [0.717, 1.165) is 37.1 Å². The summed E-state index contributed by atoms with van der Waals surface area (Å²) in [6.07, 6.45) is 6.84. The smallest absolute Gasteiger partial charge is 0.134 e. The van der Waals surface area contributed by atoms with E-state index >= 15 is 0 Å². The Labute approximate surface area is 116 Å². The number of hydrogen-bond acceptors (Lipinski definition) is 4. The first-order chi connectivity index (χ1) is 9.22. The summed E-state index contributed by atoms with van der Waals surface area (Å²) in [5, 5.41) is 6.90. The van der Waals surface area contributed by atoms with E-state index in [1.807, 2.05) is 0 Å². The molecule has 0 saturated heterocycles. The van der Waals surface area contributed by atoms with Crippen LogP contribution in [0.5, 0.6) is 0 Å². The molecule has 106 valence electrons. The van der Waals surface area contributed by atoms with Crippen LogP contribution < -0.4 is 10.6 Å². The molecular weight excluding hydrogens is 236 g/mol. The molecule has 1 aromatic rings. The second kappa shape index (κ2) is 6.73. The Balaban J connectivity index is 2.05. The van der Waals surface area contributed by atoms with Gasteiger partial charge in [-0.1, -0.05) is 33.6 Å². The minimum atomic E-state index is 0.420. The van der Waals surface area contributed by atoms with Gasteiger partial charge in [0, 0.05) is 18.7 Å². The second-order valence-corrected chi connectivity index (χ2v) is 5.72. The lowest BCUT2D eigenvalue weighted by molar-refractivity contribution is 0.753. The molecule has 2 N–H and O–H groups in total. The standard InChI is InChI=1S/C15H26N4/c1-4-8-16-14-13(11(2)3)15(19-10-18-14)17-9-7-12-5-6-12/h10-12H,4-9H2,1-3H3,(H2,16,17,18,19). The van der Waals surface area contributed by atoms with Gasteiger partial charge in [-0.15, -0.1) is 0 Å². The lowest BCUT2D eigenvalue weighted by Gasteiger charge is -2.17. The third kappa shape index (κ3) is 4.08. The third-order valence-electron chi connectivity index (χ3n) is 3.55. The van der Waals surface area contributed by atoms with E-state index < -0.39 is 0 Å². The molecule has 1 heterocycles. The molecule has 0 amide bonds. The summed E-state index contributed by atoms with van der Waals surface area (Å²) in [6, 6.07) is 0. The van der Waals surface area contributed by atoms with Gasteiger partial charge in [-0.3, -0.25) is 0 Å². The molecule has 0 unspecified atom stereocenters. The van der Waals surface area contributed by atoms with Crippen LogP contribution in [-0.2, 0) is 0 Å². The van der Waals surface area contributed by atoms with Gasteiger partial charge in [0.2, 0.25) is 0 Å². The van der Waals surface area contributed by atoms with Crippen LogP contribution in [-0.4, -0.2) is 23.1 Å². The largest absolute Gasteiger partial charge is 0.370 e. The lowest BCUT2D eigenvalue weighted by Crippen LogP contribution is -2.12. The first-order valence-corrected chi connectivity index (χ1v) is 7.55. The van der Waals surface area contributed by atoms with E-state index in [2.05, 4.69) is 41.4 Å². The maximum absolute atomic E-state index is 4.42. The molecule has 1 aromatic heterocycles. The predicted molar refractivity (Wildman–Crippen MR) is 80.7 cm³/mol. The Hall–Kier alpha value is -1.32. The Kier molecular flexibility index (Phi) is 5.00. The van der Waals surface area contributed by atoms with Crippen LogP contribution in [0, 0.1) is 5.92 Å². The monoisotopic (exact) mass is 262 g/mol. The fourth-order valence-corrected chi connectivity index (χ4v) is 2.27. The summed E-state index contributed by atoms with van der Waals surface area (Å²) in [4.78, 5) is 8.82. The van der Waals surface area contributed by atoms with E-state index in [1.54, 1.807) is 6.33 Å². The molecule has 19 heavy (non-hydrogen) atoms. The highest BCUT2D eigenvalue weighted by molar-refractivity contribution is 5.58. The van der Waals surface area contributed by atoms with Crippen molar-refractivity contribution in [3.8, 4) is 0 Å². The van der Waals surface area contributed by atoms with Gasteiger partial charge in [0.05, 0.1) is 0 Å². The molecule has 4 nitrogen and oxygen atoms in total. The van der Waals surface area contributed by atoms with Gasteiger partial charge in [0.15, 0.2) is 0 Å². The summed E-state index contributed by atoms with van der Waals surface area (Å²) in [5.74, 6) is 3.36. The minimum absolute atomic E-state index is 0.420. The van der Waals surface area contributed by atoms with Crippen molar-refractivity contribution in [1.82, 2.24) is 9.97 Å². The van der Waals surface area contributed by atoms with Crippen LogP contribution in [0.25, 0.3) is 0 Å². The van der Waals surface area contributed by atoms with Gasteiger partial charge >= 0.3 is 0 Å². The normalized spacial score (nSPS) is 14.7. The van der Waals surface area contributed by atoms with Gasteiger partial charge in [-0.25, -0.2) is 9.97 Å². The zero-order chi connectivity index (χ0) is 13.7. The Bertz CT molecular complexity index is 399. The Morgan fingerprint density at radius 2 is 1.79 bits per heavy atom. The zero-order valence-corrected chi connectivity index (χ0v) is 12.4. The molecule has 4 heteroatoms. The topological polar surface area (TPSA) is 49.8 Å². The zero-order valence-electron chi connectivity index (χ0n) is 12.4. The van der Waals surface area contributed by atoms with Crippen molar-refractivity contribution >= 4 is 11.6 Å². The van der Waals surface area contributed by atoms with Crippen molar-refractivity contribution in [3.63, 3.8) is 0 Å². The fourth-order valence-electron chi connectivity index (χ4n) is 2.27. The molecule has 1 saturated carbocycles. The average Bonchev–Trinajstić information content (AvgIpc) is 3.20. The molecule has 0 spiro atoms. The quantitative estimate of drug-likeness (QED) is 0.751. The van der Waals surface area contributed by atoms with Crippen molar-refractivity contribution in [2.24, 2.45) is 5.92 Å². The van der Waals surface area contributed by atoms with Gasteiger partial charge in [-0.05, 0) is 24.7 Å². The maximum Gasteiger partial charge on any atom is 0.134 e. The molecule has 1 aliphatic carbocycles. The highest BCUT2D eigenvalue weighted by atomic mass is 15.1. The second-order valence-electron chi connectivity index (χ2n) is 5.72. The van der Waals surface area contributed by atoms with Gasteiger partial charge < -0.3 is 10.6 Å². The summed E-state index contributed by atoms with van der Waals surface area (Å²) >= 11 is 0. The van der Waals surface area contributed by atoms with Crippen LogP contribution >= 0.6 is 0 Å². The van der Waals surface area contributed by atoms with E-state index in [-0.39, 0.29) is 0 Å². The molecule has 0 aromatic carbocycles. The number of nitrogens with zero attached hydrogens (tertiary/aromatic N) is 2. The number of aromatic nitrogens is 2. The fraction of sp³-hybridized carbons (Fsp3) is 0.733. The maximum atomic E-state index is 4.42. The summed E-state index contributed by atoms with van der Waals surface area (Å²) in [6.45, 7) is 8.54. The van der Waals surface area contributed by atoms with Crippen molar-refractivity contribution in [3.05, 3.63) is 11.9 Å². The van der Waals surface area contributed by atoms with E-state index in [1.165, 1.54) is 24.8 Å². The van der Waals surface area contributed by atoms with E-state index in [9.17, 15) is 0 Å². The summed E-state index contributed by atoms with van der Waals surface area (Å²) in [7, 11) is 0. The van der Waals surface area contributed by atoms with Crippen LogP contribution in [0.3, 0.4) is 0 Å². The van der Waals surface area contributed by atoms with Crippen molar-refractivity contribution in [1.29, 1.82) is 0 Å². The molecule has 0 radical (unpaired) electrons. The molecule has 0 atom stereocenters. The minimum Gasteiger partial charge on any atom is -0.370 e. The third-order valence-corrected chi connectivity index (χ3v) is 3.55. The van der Waals surface area contributed by atoms with E-state index in [0.29, 0.717) is 5.92 Å². The first kappa shape index (κ1) is 14.1. The highest BCUT2D eigenvalue weighted by Crippen LogP contribution is 2.33. The van der Waals surface area contributed by atoms with Gasteiger partial charge in [-0.2, -0.15) is 0 Å². The van der Waals surface area contributed by atoms with Crippen LogP contribution in [0.1, 0.15) is 57.9 Å². The lowest BCUT2D eigenvalue weighted by atomic mass is 10.0. The molecule has 2 rings (SSSR count). The van der Waals surface area contributed by atoms with E-state index in [4.69, 9.17) is 0 Å². The van der Waals surface area contributed by atoms with Crippen LogP contribution in [0.4, 0.5) is 11.6 Å². The number of anilines is 2. The van der Waals surface area contributed by atoms with Crippen LogP contribution in [0.2, 0.25) is 0 Å². The molecule has 0 aliphatic heterocycles. The Morgan fingerprint density at radius 3 is 2.32 bits per heavy atom. The summed E-state index contributed by atoms with van der Waals surface area (Å²) in [5.41, 5.74) is 1.21. The molecule has 1 aliphatic rings. The van der Waals surface area contributed by atoms with Crippen molar-refractivity contribution in [2.75, 3.05) is 23.7 Å². The SMILES string of the molecule is CCCNc1ncnc(NCCC2CC2)c1C(C)C. The molecule has 1 fully saturated rings. The van der Waals surface area contributed by atoms with Crippen molar-refractivity contribution in [2.45, 2.75) is 52.4 Å². The highest BCUT2D eigenvalue weighted by Gasteiger charge is 2.21. The number of rotatable bonds is 8. The number of hydrogen-bond donors (Lipinski definition) is 2. The molecular formula is C15H26N4. The van der Waals surface area contributed by atoms with Crippen LogP contribution in [0.15, 0.2) is 6.33 Å². The summed E-state index contributed by atoms with van der Waals surface area (Å²) < 4.78 is 0. The first-order valence-electron chi connectivity index (χ1n) is 7.55.